The number of hydrogen-bond donors (Lipinski definition) is 2. The second-order valence-corrected chi connectivity index (χ2v) is 5.36. The standard InChI is InChI=1S/C13H27FN2O2/c1-5-12(17)15-7-6-8-18-10-11(14)9-16-13(2,3)4/h11,16H,5-10H2,1-4H3,(H,15,17). The third-order valence-electron chi connectivity index (χ3n) is 2.26. The van der Waals surface area contributed by atoms with Crippen LogP contribution in [0, 0.1) is 0 Å². The van der Waals surface area contributed by atoms with Crippen LogP contribution in [-0.2, 0) is 9.53 Å². The minimum atomic E-state index is -0.991. The molecule has 0 radical (unpaired) electrons. The van der Waals surface area contributed by atoms with Gasteiger partial charge in [0.1, 0.15) is 6.17 Å². The first kappa shape index (κ1) is 17.3. The lowest BCUT2D eigenvalue weighted by molar-refractivity contribution is -0.120. The maximum absolute atomic E-state index is 13.4. The fourth-order valence-corrected chi connectivity index (χ4v) is 1.21. The molecule has 108 valence electrons. The number of carbonyl (C=O) groups excluding carboxylic acids is 1. The molecular formula is C13H27FN2O2. The number of rotatable bonds is 9. The van der Waals surface area contributed by atoms with Crippen LogP contribution in [0.25, 0.3) is 0 Å². The van der Waals surface area contributed by atoms with Gasteiger partial charge in [0.25, 0.3) is 0 Å². The minimum Gasteiger partial charge on any atom is -0.378 e. The summed E-state index contributed by atoms with van der Waals surface area (Å²) >= 11 is 0. The molecule has 0 bridgehead atoms. The molecule has 0 aromatic rings. The molecule has 0 saturated heterocycles. The highest BCUT2D eigenvalue weighted by molar-refractivity contribution is 5.75. The zero-order valence-corrected chi connectivity index (χ0v) is 12.0. The molecule has 0 aromatic heterocycles. The molecule has 18 heavy (non-hydrogen) atoms. The first-order chi connectivity index (χ1) is 8.35. The average Bonchev–Trinajstić information content (AvgIpc) is 2.29. The normalized spacial score (nSPS) is 13.4. The van der Waals surface area contributed by atoms with E-state index < -0.39 is 6.17 Å². The van der Waals surface area contributed by atoms with E-state index in [-0.39, 0.29) is 18.1 Å². The van der Waals surface area contributed by atoms with Crippen molar-refractivity contribution in [2.45, 2.75) is 52.2 Å². The molecule has 4 nitrogen and oxygen atoms in total. The Kier molecular flexibility index (Phi) is 8.93. The van der Waals surface area contributed by atoms with Crippen LogP contribution in [0.3, 0.4) is 0 Å². The third kappa shape index (κ3) is 11.8. The monoisotopic (exact) mass is 262 g/mol. The lowest BCUT2D eigenvalue weighted by Crippen LogP contribution is -2.40. The number of carbonyl (C=O) groups is 1. The summed E-state index contributed by atoms with van der Waals surface area (Å²) in [6, 6.07) is 0. The Bertz CT molecular complexity index is 230. The van der Waals surface area contributed by atoms with Crippen molar-refractivity contribution >= 4 is 5.91 Å². The summed E-state index contributed by atoms with van der Waals surface area (Å²) < 4.78 is 18.6. The van der Waals surface area contributed by atoms with Crippen LogP contribution in [-0.4, -0.2) is 43.9 Å². The molecule has 0 fully saturated rings. The van der Waals surface area contributed by atoms with Crippen molar-refractivity contribution in [1.29, 1.82) is 0 Å². The molecule has 0 aromatic carbocycles. The molecule has 2 N–H and O–H groups in total. The third-order valence-corrected chi connectivity index (χ3v) is 2.26. The van der Waals surface area contributed by atoms with Gasteiger partial charge in [-0.1, -0.05) is 6.92 Å². The Morgan fingerprint density at radius 3 is 2.61 bits per heavy atom. The van der Waals surface area contributed by atoms with Crippen molar-refractivity contribution in [2.24, 2.45) is 0 Å². The van der Waals surface area contributed by atoms with E-state index in [1.807, 2.05) is 27.7 Å². The number of nitrogens with one attached hydrogen (secondary N) is 2. The molecule has 1 unspecified atom stereocenters. The molecule has 0 aliphatic rings. The van der Waals surface area contributed by atoms with E-state index in [4.69, 9.17) is 4.74 Å². The fourth-order valence-electron chi connectivity index (χ4n) is 1.21. The Morgan fingerprint density at radius 1 is 1.39 bits per heavy atom. The van der Waals surface area contributed by atoms with E-state index in [9.17, 15) is 9.18 Å². The van der Waals surface area contributed by atoms with Crippen LogP contribution < -0.4 is 10.6 Å². The van der Waals surface area contributed by atoms with E-state index in [0.29, 0.717) is 32.5 Å². The van der Waals surface area contributed by atoms with Gasteiger partial charge in [0.2, 0.25) is 5.91 Å². The largest absolute Gasteiger partial charge is 0.378 e. The maximum Gasteiger partial charge on any atom is 0.219 e. The van der Waals surface area contributed by atoms with E-state index in [1.54, 1.807) is 0 Å². The van der Waals surface area contributed by atoms with Crippen LogP contribution in [0.5, 0.6) is 0 Å². The van der Waals surface area contributed by atoms with Crippen molar-refractivity contribution in [3.8, 4) is 0 Å². The maximum atomic E-state index is 13.4. The van der Waals surface area contributed by atoms with Crippen molar-refractivity contribution in [3.05, 3.63) is 0 Å². The van der Waals surface area contributed by atoms with Crippen molar-refractivity contribution in [2.75, 3.05) is 26.3 Å². The van der Waals surface area contributed by atoms with Crippen LogP contribution in [0.4, 0.5) is 4.39 Å². The second-order valence-electron chi connectivity index (χ2n) is 5.36. The van der Waals surface area contributed by atoms with E-state index in [0.717, 1.165) is 0 Å². The zero-order valence-electron chi connectivity index (χ0n) is 12.0. The van der Waals surface area contributed by atoms with Gasteiger partial charge >= 0.3 is 0 Å². The van der Waals surface area contributed by atoms with Crippen LogP contribution in [0.15, 0.2) is 0 Å². The van der Waals surface area contributed by atoms with Crippen LogP contribution in [0.1, 0.15) is 40.5 Å². The van der Waals surface area contributed by atoms with E-state index >= 15 is 0 Å². The smallest absolute Gasteiger partial charge is 0.219 e. The van der Waals surface area contributed by atoms with Gasteiger partial charge in [-0.15, -0.1) is 0 Å². The summed E-state index contributed by atoms with van der Waals surface area (Å²) in [5.74, 6) is 0.0349. The van der Waals surface area contributed by atoms with Crippen molar-refractivity contribution in [1.82, 2.24) is 10.6 Å². The van der Waals surface area contributed by atoms with Gasteiger partial charge in [0.15, 0.2) is 0 Å². The van der Waals surface area contributed by atoms with Gasteiger partial charge in [-0.05, 0) is 27.2 Å². The lowest BCUT2D eigenvalue weighted by atomic mass is 10.1. The summed E-state index contributed by atoms with van der Waals surface area (Å²) in [5, 5.41) is 5.82. The molecule has 0 saturated carbocycles. The van der Waals surface area contributed by atoms with Crippen molar-refractivity contribution in [3.63, 3.8) is 0 Å². The summed E-state index contributed by atoms with van der Waals surface area (Å²) in [6.07, 6.45) is 0.214. The SMILES string of the molecule is CCC(=O)NCCCOCC(F)CNC(C)(C)C. The van der Waals surface area contributed by atoms with Gasteiger partial charge in [-0.3, -0.25) is 4.79 Å². The second kappa shape index (κ2) is 9.28. The lowest BCUT2D eigenvalue weighted by Gasteiger charge is -2.21. The first-order valence-corrected chi connectivity index (χ1v) is 6.58. The highest BCUT2D eigenvalue weighted by Crippen LogP contribution is 2.00. The summed E-state index contributed by atoms with van der Waals surface area (Å²) in [4.78, 5) is 10.9. The number of alkyl halides is 1. The molecule has 0 aliphatic heterocycles. The fraction of sp³-hybridized carbons (Fsp3) is 0.923. The minimum absolute atomic E-state index is 0.0349. The van der Waals surface area contributed by atoms with Crippen molar-refractivity contribution < 1.29 is 13.9 Å². The van der Waals surface area contributed by atoms with Gasteiger partial charge in [-0.2, -0.15) is 0 Å². The zero-order chi connectivity index (χ0) is 14.0. The topological polar surface area (TPSA) is 50.4 Å². The van der Waals surface area contributed by atoms with Gasteiger partial charge in [0.05, 0.1) is 6.61 Å². The predicted molar refractivity (Wildman–Crippen MR) is 71.4 cm³/mol. The van der Waals surface area contributed by atoms with Gasteiger partial charge in [0, 0.05) is 31.7 Å². The molecule has 5 heteroatoms. The Hall–Kier alpha value is -0.680. The molecule has 0 rings (SSSR count). The number of halogens is 1. The highest BCUT2D eigenvalue weighted by atomic mass is 19.1. The Labute approximate surface area is 110 Å². The Morgan fingerprint density at radius 2 is 2.06 bits per heavy atom. The van der Waals surface area contributed by atoms with Crippen LogP contribution >= 0.6 is 0 Å². The van der Waals surface area contributed by atoms with Gasteiger partial charge in [-0.25, -0.2) is 4.39 Å². The number of ether oxygens (including phenoxy) is 1. The summed E-state index contributed by atoms with van der Waals surface area (Å²) in [5.41, 5.74) is -0.0746. The number of amides is 1. The molecule has 0 aliphatic carbocycles. The van der Waals surface area contributed by atoms with E-state index in [1.165, 1.54) is 0 Å². The molecular weight excluding hydrogens is 235 g/mol. The van der Waals surface area contributed by atoms with E-state index in [2.05, 4.69) is 10.6 Å². The Balaban J connectivity index is 3.35. The van der Waals surface area contributed by atoms with Gasteiger partial charge < -0.3 is 15.4 Å². The molecule has 1 amide bonds. The first-order valence-electron chi connectivity index (χ1n) is 6.58. The average molecular weight is 262 g/mol. The molecule has 0 spiro atoms. The highest BCUT2D eigenvalue weighted by Gasteiger charge is 2.13. The molecule has 0 heterocycles. The summed E-state index contributed by atoms with van der Waals surface area (Å²) in [7, 11) is 0. The summed E-state index contributed by atoms with van der Waals surface area (Å²) in [6.45, 7) is 9.26. The quantitative estimate of drug-likeness (QED) is 0.621. The number of hydrogen-bond acceptors (Lipinski definition) is 3. The predicted octanol–water partition coefficient (Wildman–Crippen LogP) is 1.65. The molecule has 1 atom stereocenters. The van der Waals surface area contributed by atoms with Crippen LogP contribution in [0.2, 0.25) is 0 Å².